The summed E-state index contributed by atoms with van der Waals surface area (Å²) in [5.74, 6) is -3.27. The molecule has 6 N–H and O–H groups in total. The van der Waals surface area contributed by atoms with Gasteiger partial charge in [-0.2, -0.15) is 0 Å². The molecule has 0 amide bonds. The summed E-state index contributed by atoms with van der Waals surface area (Å²) < 4.78 is 4.87. The maximum absolute atomic E-state index is 10.4. The van der Waals surface area contributed by atoms with Gasteiger partial charge in [0.25, 0.3) is 0 Å². The van der Waals surface area contributed by atoms with E-state index in [2.05, 4.69) is 0 Å². The second-order valence-corrected chi connectivity index (χ2v) is 4.68. The summed E-state index contributed by atoms with van der Waals surface area (Å²) >= 11 is 0. The molecule has 10 heteroatoms. The van der Waals surface area contributed by atoms with Crippen LogP contribution in [0.1, 0.15) is 19.8 Å². The molecular formula is C13H22O10. The minimum Gasteiger partial charge on any atom is -0.500 e. The Hall–Kier alpha value is -2.17. The van der Waals surface area contributed by atoms with Crippen molar-refractivity contribution in [3.63, 3.8) is 0 Å². The summed E-state index contributed by atoms with van der Waals surface area (Å²) in [6.07, 6.45) is 0.419. The quantitative estimate of drug-likeness (QED) is 0.211. The molecule has 0 atom stereocenters. The van der Waals surface area contributed by atoms with Crippen molar-refractivity contribution >= 4 is 17.9 Å². The van der Waals surface area contributed by atoms with Crippen molar-refractivity contribution in [2.75, 3.05) is 26.4 Å². The van der Waals surface area contributed by atoms with Gasteiger partial charge in [0, 0.05) is 0 Å². The third-order valence-electron chi connectivity index (χ3n) is 2.55. The van der Waals surface area contributed by atoms with Crippen LogP contribution in [0.25, 0.3) is 0 Å². The van der Waals surface area contributed by atoms with E-state index in [0.717, 1.165) is 6.26 Å². The Morgan fingerprint density at radius 2 is 1.30 bits per heavy atom. The van der Waals surface area contributed by atoms with Crippen molar-refractivity contribution in [1.82, 2.24) is 0 Å². The number of ether oxygens (including phenoxy) is 1. The smallest absolute Gasteiger partial charge is 0.334 e. The van der Waals surface area contributed by atoms with Crippen LogP contribution in [0.2, 0.25) is 0 Å². The summed E-state index contributed by atoms with van der Waals surface area (Å²) in [7, 11) is 0. The molecule has 10 nitrogen and oxygen atoms in total. The van der Waals surface area contributed by atoms with Crippen LogP contribution in [0.3, 0.4) is 0 Å². The lowest BCUT2D eigenvalue weighted by molar-refractivity contribution is -0.143. The van der Waals surface area contributed by atoms with Gasteiger partial charge in [0.1, 0.15) is 0 Å². The number of carboxylic acid groups (broad SMARTS) is 3. The number of hydrogen-bond donors (Lipinski definition) is 6. The first-order chi connectivity index (χ1) is 10.6. The fourth-order valence-electron chi connectivity index (χ4n) is 0.895. The van der Waals surface area contributed by atoms with Gasteiger partial charge in [0.05, 0.1) is 56.5 Å². The third kappa shape index (κ3) is 12.1. The topological polar surface area (TPSA) is 182 Å². The standard InChI is InChI=1S/C9H16O6.C4H6O4/c1-7(8(13)14)2-15-6-9(3-10,4-11)5-12;5-3(6)1-2-4(7)8/h2,10-12H,3-6H2,1H3,(H,13,14);1-2H2,(H,5,6)(H,7,8). The first kappa shape index (κ1) is 23.1. The lowest BCUT2D eigenvalue weighted by Crippen LogP contribution is -2.38. The molecule has 0 aliphatic rings. The van der Waals surface area contributed by atoms with E-state index in [9.17, 15) is 14.4 Å². The van der Waals surface area contributed by atoms with Gasteiger partial charge in [-0.15, -0.1) is 0 Å². The van der Waals surface area contributed by atoms with Crippen molar-refractivity contribution in [1.29, 1.82) is 0 Å². The van der Waals surface area contributed by atoms with E-state index in [-0.39, 0.29) is 25.0 Å². The van der Waals surface area contributed by atoms with Gasteiger partial charge in [0.15, 0.2) is 0 Å². The van der Waals surface area contributed by atoms with Crippen LogP contribution in [-0.2, 0) is 19.1 Å². The summed E-state index contributed by atoms with van der Waals surface area (Å²) in [5.41, 5.74) is -1.15. The first-order valence-corrected chi connectivity index (χ1v) is 6.42. The first-order valence-electron chi connectivity index (χ1n) is 6.42. The van der Waals surface area contributed by atoms with Crippen LogP contribution < -0.4 is 0 Å². The third-order valence-corrected chi connectivity index (χ3v) is 2.55. The minimum atomic E-state index is -1.14. The highest BCUT2D eigenvalue weighted by Gasteiger charge is 2.28. The molecule has 0 aromatic rings. The maximum Gasteiger partial charge on any atom is 0.334 e. The Bertz CT molecular complexity index is 389. The molecule has 134 valence electrons. The zero-order valence-electron chi connectivity index (χ0n) is 12.6. The number of hydrogen-bond acceptors (Lipinski definition) is 7. The Morgan fingerprint density at radius 3 is 1.57 bits per heavy atom. The van der Waals surface area contributed by atoms with Gasteiger partial charge in [-0.25, -0.2) is 4.79 Å². The zero-order valence-corrected chi connectivity index (χ0v) is 12.6. The van der Waals surface area contributed by atoms with Crippen LogP contribution in [0.5, 0.6) is 0 Å². The van der Waals surface area contributed by atoms with Gasteiger partial charge < -0.3 is 35.4 Å². The number of aliphatic hydroxyl groups excluding tert-OH is 3. The molecule has 0 fully saturated rings. The molecule has 0 rings (SSSR count). The number of aliphatic carboxylic acids is 3. The molecule has 0 saturated heterocycles. The van der Waals surface area contributed by atoms with E-state index in [1.54, 1.807) is 0 Å². The highest BCUT2D eigenvalue weighted by molar-refractivity contribution is 5.85. The van der Waals surface area contributed by atoms with Crippen LogP contribution in [0, 0.1) is 5.41 Å². The monoisotopic (exact) mass is 338 g/mol. The molecule has 0 saturated carbocycles. The number of carbonyl (C=O) groups is 3. The van der Waals surface area contributed by atoms with Gasteiger partial charge in [-0.05, 0) is 6.92 Å². The fraction of sp³-hybridized carbons (Fsp3) is 0.615. The molecule has 0 spiro atoms. The van der Waals surface area contributed by atoms with Gasteiger partial charge in [-0.1, -0.05) is 0 Å². The number of carboxylic acids is 3. The number of aliphatic hydroxyl groups is 3. The molecule has 0 unspecified atom stereocenters. The SMILES string of the molecule is CC(=COCC(CO)(CO)CO)C(=O)O.O=C(O)CCC(=O)O. The average Bonchev–Trinajstić information content (AvgIpc) is 2.50. The van der Waals surface area contributed by atoms with E-state index < -0.39 is 43.1 Å². The van der Waals surface area contributed by atoms with Crippen LogP contribution in [0.15, 0.2) is 11.8 Å². The molecule has 0 aromatic carbocycles. The zero-order chi connectivity index (χ0) is 18.5. The predicted octanol–water partition coefficient (Wildman–Crippen LogP) is -1.11. The fourth-order valence-corrected chi connectivity index (χ4v) is 0.895. The van der Waals surface area contributed by atoms with Gasteiger partial charge in [-0.3, -0.25) is 9.59 Å². The van der Waals surface area contributed by atoms with E-state index >= 15 is 0 Å². The Balaban J connectivity index is 0. The minimum absolute atomic E-state index is 0.00211. The van der Waals surface area contributed by atoms with E-state index in [0.29, 0.717) is 0 Å². The maximum atomic E-state index is 10.4. The Morgan fingerprint density at radius 1 is 0.913 bits per heavy atom. The molecule has 0 radical (unpaired) electrons. The lowest BCUT2D eigenvalue weighted by Gasteiger charge is -2.26. The van der Waals surface area contributed by atoms with Crippen molar-refractivity contribution in [2.24, 2.45) is 5.41 Å². The lowest BCUT2D eigenvalue weighted by atomic mass is 9.93. The second kappa shape index (κ2) is 12.4. The van der Waals surface area contributed by atoms with E-state index in [1.165, 1.54) is 6.92 Å². The van der Waals surface area contributed by atoms with Gasteiger partial charge in [0.2, 0.25) is 0 Å². The van der Waals surface area contributed by atoms with Crippen molar-refractivity contribution in [3.05, 3.63) is 11.8 Å². The molecule has 23 heavy (non-hydrogen) atoms. The highest BCUT2D eigenvalue weighted by atomic mass is 16.5. The molecule has 0 aliphatic carbocycles. The molecule has 0 aliphatic heterocycles. The molecule has 0 aromatic heterocycles. The molecule has 0 heterocycles. The predicted molar refractivity (Wildman–Crippen MR) is 75.5 cm³/mol. The second-order valence-electron chi connectivity index (χ2n) is 4.68. The van der Waals surface area contributed by atoms with E-state index in [4.69, 9.17) is 35.4 Å². The molecule has 0 bridgehead atoms. The largest absolute Gasteiger partial charge is 0.500 e. The van der Waals surface area contributed by atoms with Crippen molar-refractivity contribution in [2.45, 2.75) is 19.8 Å². The van der Waals surface area contributed by atoms with Gasteiger partial charge >= 0.3 is 17.9 Å². The summed E-state index contributed by atoms with van der Waals surface area (Å²) in [6.45, 7) is -0.137. The Labute approximate surface area is 132 Å². The van der Waals surface area contributed by atoms with Crippen molar-refractivity contribution < 1.29 is 49.8 Å². The highest BCUT2D eigenvalue weighted by Crippen LogP contribution is 2.15. The van der Waals surface area contributed by atoms with Crippen LogP contribution >= 0.6 is 0 Å². The average molecular weight is 338 g/mol. The summed E-state index contributed by atoms with van der Waals surface area (Å²) in [6, 6.07) is 0. The Kier molecular flexibility index (Phi) is 12.4. The van der Waals surface area contributed by atoms with Crippen molar-refractivity contribution in [3.8, 4) is 0 Å². The van der Waals surface area contributed by atoms with E-state index in [1.807, 2.05) is 0 Å². The number of rotatable bonds is 10. The normalized spacial score (nSPS) is 11.2. The molecular weight excluding hydrogens is 316 g/mol. The summed E-state index contributed by atoms with van der Waals surface area (Å²) in [4.78, 5) is 29.6. The van der Waals surface area contributed by atoms with Crippen LogP contribution in [0.4, 0.5) is 0 Å². The van der Waals surface area contributed by atoms with Crippen LogP contribution in [-0.4, -0.2) is 75.0 Å². The summed E-state index contributed by atoms with van der Waals surface area (Å²) in [5, 5.41) is 51.0.